The van der Waals surface area contributed by atoms with E-state index in [-0.39, 0.29) is 17.2 Å². The Balaban J connectivity index is 1.70. The van der Waals surface area contributed by atoms with E-state index in [1.807, 2.05) is 0 Å². The summed E-state index contributed by atoms with van der Waals surface area (Å²) in [6.07, 6.45) is 1.96. The van der Waals surface area contributed by atoms with E-state index < -0.39 is 10.0 Å². The molecule has 0 bridgehead atoms. The lowest BCUT2D eigenvalue weighted by atomic mass is 10.0. The van der Waals surface area contributed by atoms with E-state index in [1.165, 1.54) is 37.8 Å². The fraction of sp³-hybridized carbons (Fsp3) is 0.435. The number of anilines is 1. The summed E-state index contributed by atoms with van der Waals surface area (Å²) in [5, 5.41) is 2.80. The van der Waals surface area contributed by atoms with Crippen molar-refractivity contribution >= 4 is 21.6 Å². The summed E-state index contributed by atoms with van der Waals surface area (Å²) in [6, 6.07) is 9.72. The van der Waals surface area contributed by atoms with Crippen LogP contribution in [0.1, 0.15) is 25.3 Å². The van der Waals surface area contributed by atoms with Crippen molar-refractivity contribution in [3.63, 3.8) is 0 Å². The first-order chi connectivity index (χ1) is 15.3. The third-order valence-corrected chi connectivity index (χ3v) is 7.41. The standard InChI is InChI=1S/C23H30N2O6S/c1-16-6-5-13-25(15-16)32(27,28)19-10-8-18(9-11-19)24-21(26)14-17-7-12-20(29-2)23(31-4)22(17)30-3/h7-12,16H,5-6,13-15H2,1-4H3,(H,24,26). The first kappa shape index (κ1) is 23.9. The van der Waals surface area contributed by atoms with Gasteiger partial charge < -0.3 is 19.5 Å². The van der Waals surface area contributed by atoms with Crippen molar-refractivity contribution < 1.29 is 27.4 Å². The Kier molecular flexibility index (Phi) is 7.63. The van der Waals surface area contributed by atoms with Gasteiger partial charge in [-0.2, -0.15) is 4.31 Å². The Morgan fingerprint density at radius 1 is 1.03 bits per heavy atom. The number of carbonyl (C=O) groups excluding carboxylic acids is 1. The van der Waals surface area contributed by atoms with Gasteiger partial charge >= 0.3 is 0 Å². The Morgan fingerprint density at radius 3 is 2.31 bits per heavy atom. The predicted molar refractivity (Wildman–Crippen MR) is 122 cm³/mol. The van der Waals surface area contributed by atoms with E-state index in [9.17, 15) is 13.2 Å². The highest BCUT2D eigenvalue weighted by Gasteiger charge is 2.28. The Bertz CT molecular complexity index is 1050. The molecule has 1 unspecified atom stereocenters. The van der Waals surface area contributed by atoms with Crippen molar-refractivity contribution in [2.45, 2.75) is 31.1 Å². The number of carbonyl (C=O) groups is 1. The molecule has 1 saturated heterocycles. The smallest absolute Gasteiger partial charge is 0.243 e. The fourth-order valence-corrected chi connectivity index (χ4v) is 5.50. The molecular weight excluding hydrogens is 432 g/mol. The van der Waals surface area contributed by atoms with Crippen molar-refractivity contribution in [1.29, 1.82) is 0 Å². The first-order valence-corrected chi connectivity index (χ1v) is 11.9. The largest absolute Gasteiger partial charge is 0.493 e. The van der Waals surface area contributed by atoms with Gasteiger partial charge in [0.05, 0.1) is 32.6 Å². The fourth-order valence-electron chi connectivity index (χ4n) is 3.90. The van der Waals surface area contributed by atoms with Crippen LogP contribution in [0.5, 0.6) is 17.2 Å². The van der Waals surface area contributed by atoms with E-state index in [2.05, 4.69) is 12.2 Å². The van der Waals surface area contributed by atoms with Crippen LogP contribution in [0.4, 0.5) is 5.69 Å². The highest BCUT2D eigenvalue weighted by molar-refractivity contribution is 7.89. The van der Waals surface area contributed by atoms with Crippen LogP contribution >= 0.6 is 0 Å². The molecule has 0 aromatic heterocycles. The van der Waals surface area contributed by atoms with Gasteiger partial charge in [-0.3, -0.25) is 4.79 Å². The molecule has 0 spiro atoms. The SMILES string of the molecule is COc1ccc(CC(=O)Nc2ccc(S(=O)(=O)N3CCCC(C)C3)cc2)c(OC)c1OC. The molecule has 1 aliphatic heterocycles. The first-order valence-electron chi connectivity index (χ1n) is 10.5. The summed E-state index contributed by atoms with van der Waals surface area (Å²) in [5.74, 6) is 1.44. The summed E-state index contributed by atoms with van der Waals surface area (Å²) in [6.45, 7) is 3.14. The van der Waals surface area contributed by atoms with E-state index in [0.717, 1.165) is 12.8 Å². The molecule has 1 heterocycles. The zero-order valence-electron chi connectivity index (χ0n) is 18.9. The highest BCUT2D eigenvalue weighted by Crippen LogP contribution is 2.40. The predicted octanol–water partition coefficient (Wildman–Crippen LogP) is 3.31. The average Bonchev–Trinajstić information content (AvgIpc) is 2.78. The van der Waals surface area contributed by atoms with Crippen LogP contribution in [0.2, 0.25) is 0 Å². The van der Waals surface area contributed by atoms with Crippen LogP contribution in [-0.2, 0) is 21.2 Å². The summed E-state index contributed by atoms with van der Waals surface area (Å²) in [5.41, 5.74) is 1.15. The molecule has 2 aromatic rings. The molecule has 1 fully saturated rings. The molecule has 1 N–H and O–H groups in total. The molecule has 0 aliphatic carbocycles. The zero-order valence-corrected chi connectivity index (χ0v) is 19.7. The van der Waals surface area contributed by atoms with Gasteiger partial charge in [-0.1, -0.05) is 13.0 Å². The van der Waals surface area contributed by atoms with Crippen LogP contribution in [0.25, 0.3) is 0 Å². The van der Waals surface area contributed by atoms with Gasteiger partial charge in [0.25, 0.3) is 0 Å². The molecule has 1 amide bonds. The maximum atomic E-state index is 12.9. The quantitative estimate of drug-likeness (QED) is 0.647. The van der Waals surface area contributed by atoms with Crippen LogP contribution in [0.15, 0.2) is 41.3 Å². The minimum Gasteiger partial charge on any atom is -0.493 e. The van der Waals surface area contributed by atoms with Gasteiger partial charge in [-0.05, 0) is 49.1 Å². The average molecular weight is 463 g/mol. The minimum absolute atomic E-state index is 0.0508. The topological polar surface area (TPSA) is 94.2 Å². The number of rotatable bonds is 8. The second-order valence-electron chi connectivity index (χ2n) is 7.85. The lowest BCUT2D eigenvalue weighted by molar-refractivity contribution is -0.115. The van der Waals surface area contributed by atoms with Crippen molar-refractivity contribution in [2.75, 3.05) is 39.7 Å². The molecule has 174 valence electrons. The Labute approximate surface area is 189 Å². The summed E-state index contributed by atoms with van der Waals surface area (Å²) < 4.78 is 43.4. The molecule has 8 nitrogen and oxygen atoms in total. The van der Waals surface area contributed by atoms with Crippen LogP contribution in [-0.4, -0.2) is 53.0 Å². The van der Waals surface area contributed by atoms with Gasteiger partial charge in [0.2, 0.25) is 21.7 Å². The second kappa shape index (κ2) is 10.2. The maximum absolute atomic E-state index is 12.9. The van der Waals surface area contributed by atoms with Crippen LogP contribution in [0, 0.1) is 5.92 Å². The molecule has 0 radical (unpaired) electrons. The van der Waals surface area contributed by atoms with E-state index >= 15 is 0 Å². The monoisotopic (exact) mass is 462 g/mol. The molecule has 1 aliphatic rings. The van der Waals surface area contributed by atoms with Gasteiger partial charge in [0.1, 0.15) is 0 Å². The Morgan fingerprint density at radius 2 is 1.72 bits per heavy atom. The molecule has 1 atom stereocenters. The second-order valence-corrected chi connectivity index (χ2v) is 9.79. The number of hydrogen-bond acceptors (Lipinski definition) is 6. The zero-order chi connectivity index (χ0) is 23.3. The number of ether oxygens (including phenoxy) is 3. The van der Waals surface area contributed by atoms with Crippen molar-refractivity contribution in [3.8, 4) is 17.2 Å². The number of amides is 1. The normalized spacial score (nSPS) is 16.9. The summed E-state index contributed by atoms with van der Waals surface area (Å²) in [4.78, 5) is 12.8. The lowest BCUT2D eigenvalue weighted by Gasteiger charge is -2.30. The summed E-state index contributed by atoms with van der Waals surface area (Å²) >= 11 is 0. The van der Waals surface area contributed by atoms with E-state index in [0.29, 0.717) is 47.5 Å². The van der Waals surface area contributed by atoms with Crippen LogP contribution in [0.3, 0.4) is 0 Å². The number of nitrogens with one attached hydrogen (secondary N) is 1. The van der Waals surface area contributed by atoms with Gasteiger partial charge in [-0.25, -0.2) is 8.42 Å². The number of sulfonamides is 1. The Hall–Kier alpha value is -2.78. The maximum Gasteiger partial charge on any atom is 0.243 e. The number of methoxy groups -OCH3 is 3. The highest BCUT2D eigenvalue weighted by atomic mass is 32.2. The van der Waals surface area contributed by atoms with Gasteiger partial charge in [0, 0.05) is 24.3 Å². The molecule has 0 saturated carbocycles. The lowest BCUT2D eigenvalue weighted by Crippen LogP contribution is -2.39. The third-order valence-electron chi connectivity index (χ3n) is 5.53. The molecular formula is C23H30N2O6S. The summed E-state index contributed by atoms with van der Waals surface area (Å²) in [7, 11) is 0.999. The van der Waals surface area contributed by atoms with Crippen LogP contribution < -0.4 is 19.5 Å². The number of benzene rings is 2. The molecule has 3 rings (SSSR count). The molecule has 9 heteroatoms. The molecule has 2 aromatic carbocycles. The van der Waals surface area contributed by atoms with Gasteiger partial charge in [-0.15, -0.1) is 0 Å². The van der Waals surface area contributed by atoms with Crippen molar-refractivity contribution in [2.24, 2.45) is 5.92 Å². The van der Waals surface area contributed by atoms with Crippen molar-refractivity contribution in [1.82, 2.24) is 4.31 Å². The van der Waals surface area contributed by atoms with Gasteiger partial charge in [0.15, 0.2) is 11.5 Å². The third kappa shape index (κ3) is 5.16. The number of nitrogens with zero attached hydrogens (tertiary/aromatic N) is 1. The van der Waals surface area contributed by atoms with E-state index in [1.54, 1.807) is 24.3 Å². The van der Waals surface area contributed by atoms with E-state index in [4.69, 9.17) is 14.2 Å². The van der Waals surface area contributed by atoms with Crippen molar-refractivity contribution in [3.05, 3.63) is 42.0 Å². The minimum atomic E-state index is -3.53. The number of piperidine rings is 1. The number of hydrogen-bond donors (Lipinski definition) is 1. The molecule has 32 heavy (non-hydrogen) atoms.